The molecule has 0 aliphatic carbocycles. The Bertz CT molecular complexity index is 510. The normalized spacial score (nSPS) is 10.2. The van der Waals surface area contributed by atoms with Crippen LogP contribution in [0, 0.1) is 23.0 Å². The topological polar surface area (TPSA) is 23.8 Å². The standard InChI is InChI=1S/C9H3F2NS/c10-6-3-1-2-5-8(11)7(4-12)13-9(5)6/h1-3H. The van der Waals surface area contributed by atoms with Crippen molar-refractivity contribution in [2.24, 2.45) is 0 Å². The monoisotopic (exact) mass is 195 g/mol. The summed E-state index contributed by atoms with van der Waals surface area (Å²) in [6.07, 6.45) is 0. The molecule has 1 heterocycles. The predicted molar refractivity (Wildman–Crippen MR) is 46.5 cm³/mol. The lowest BCUT2D eigenvalue weighted by Crippen LogP contribution is -1.74. The largest absolute Gasteiger partial charge is 0.205 e. The third-order valence-corrected chi connectivity index (χ3v) is 2.80. The van der Waals surface area contributed by atoms with Crippen LogP contribution in [0.2, 0.25) is 0 Å². The van der Waals surface area contributed by atoms with Crippen LogP contribution in [-0.2, 0) is 0 Å². The molecule has 13 heavy (non-hydrogen) atoms. The van der Waals surface area contributed by atoms with Crippen LogP contribution in [-0.4, -0.2) is 0 Å². The summed E-state index contributed by atoms with van der Waals surface area (Å²) in [5.41, 5.74) is 0. The average molecular weight is 195 g/mol. The second-order valence-corrected chi connectivity index (χ2v) is 3.49. The van der Waals surface area contributed by atoms with E-state index in [4.69, 9.17) is 5.26 Å². The van der Waals surface area contributed by atoms with Gasteiger partial charge in [-0.25, -0.2) is 8.78 Å². The van der Waals surface area contributed by atoms with Gasteiger partial charge in [0.2, 0.25) is 0 Å². The van der Waals surface area contributed by atoms with Crippen LogP contribution in [0.5, 0.6) is 0 Å². The quantitative estimate of drug-likeness (QED) is 0.633. The fraction of sp³-hybridized carbons (Fsp3) is 0. The number of halogens is 2. The third-order valence-electron chi connectivity index (χ3n) is 1.71. The summed E-state index contributed by atoms with van der Waals surface area (Å²) in [6, 6.07) is 5.83. The molecular formula is C9H3F2NS. The molecule has 0 N–H and O–H groups in total. The molecule has 0 fully saturated rings. The van der Waals surface area contributed by atoms with Gasteiger partial charge >= 0.3 is 0 Å². The molecule has 0 radical (unpaired) electrons. The van der Waals surface area contributed by atoms with Crippen LogP contribution in [0.25, 0.3) is 10.1 Å². The van der Waals surface area contributed by atoms with E-state index in [9.17, 15) is 8.78 Å². The Morgan fingerprint density at radius 3 is 2.69 bits per heavy atom. The van der Waals surface area contributed by atoms with Gasteiger partial charge in [0.15, 0.2) is 5.82 Å². The minimum absolute atomic E-state index is 0.0694. The van der Waals surface area contributed by atoms with Crippen LogP contribution < -0.4 is 0 Å². The summed E-state index contributed by atoms with van der Waals surface area (Å²) in [4.78, 5) is -0.0694. The number of thiophene rings is 1. The van der Waals surface area contributed by atoms with Crippen LogP contribution in [0.15, 0.2) is 18.2 Å². The van der Waals surface area contributed by atoms with E-state index >= 15 is 0 Å². The van der Waals surface area contributed by atoms with Gasteiger partial charge in [-0.2, -0.15) is 5.26 Å². The van der Waals surface area contributed by atoms with Crippen LogP contribution in [0.4, 0.5) is 8.78 Å². The number of fused-ring (bicyclic) bond motifs is 1. The van der Waals surface area contributed by atoms with E-state index in [2.05, 4.69) is 0 Å². The summed E-state index contributed by atoms with van der Waals surface area (Å²) in [5.74, 6) is -1.11. The van der Waals surface area contributed by atoms with Crippen molar-refractivity contribution in [1.82, 2.24) is 0 Å². The number of benzene rings is 1. The Morgan fingerprint density at radius 2 is 2.08 bits per heavy atom. The van der Waals surface area contributed by atoms with E-state index in [0.29, 0.717) is 0 Å². The first kappa shape index (κ1) is 8.14. The maximum atomic E-state index is 13.2. The molecule has 0 spiro atoms. The Morgan fingerprint density at radius 1 is 1.31 bits per heavy atom. The first-order valence-corrected chi connectivity index (χ1v) is 4.32. The van der Waals surface area contributed by atoms with E-state index < -0.39 is 11.6 Å². The zero-order chi connectivity index (χ0) is 9.42. The first-order valence-electron chi connectivity index (χ1n) is 3.50. The van der Waals surface area contributed by atoms with Gasteiger partial charge in [0.1, 0.15) is 16.8 Å². The van der Waals surface area contributed by atoms with Crippen molar-refractivity contribution in [3.05, 3.63) is 34.7 Å². The highest BCUT2D eigenvalue weighted by molar-refractivity contribution is 7.19. The zero-order valence-corrected chi connectivity index (χ0v) is 7.16. The minimum Gasteiger partial charge on any atom is -0.205 e. The highest BCUT2D eigenvalue weighted by atomic mass is 32.1. The lowest BCUT2D eigenvalue weighted by Gasteiger charge is -1.88. The highest BCUT2D eigenvalue weighted by Crippen LogP contribution is 2.30. The number of hydrogen-bond donors (Lipinski definition) is 0. The molecule has 0 aliphatic rings. The number of nitriles is 1. The second-order valence-electron chi connectivity index (χ2n) is 2.47. The third kappa shape index (κ3) is 1.09. The van der Waals surface area contributed by atoms with Gasteiger partial charge in [-0.1, -0.05) is 12.1 Å². The van der Waals surface area contributed by atoms with E-state index in [-0.39, 0.29) is 15.0 Å². The minimum atomic E-state index is -0.623. The first-order chi connectivity index (χ1) is 6.24. The van der Waals surface area contributed by atoms with Crippen LogP contribution in [0.3, 0.4) is 0 Å². The zero-order valence-electron chi connectivity index (χ0n) is 6.34. The molecule has 0 saturated carbocycles. The average Bonchev–Trinajstić information content (AvgIpc) is 2.45. The van der Waals surface area contributed by atoms with E-state index in [0.717, 1.165) is 11.3 Å². The van der Waals surface area contributed by atoms with Gasteiger partial charge in [0.25, 0.3) is 0 Å². The summed E-state index contributed by atoms with van der Waals surface area (Å²) in [7, 11) is 0. The molecule has 2 aromatic rings. The molecule has 4 heteroatoms. The van der Waals surface area contributed by atoms with Crippen molar-refractivity contribution in [3.8, 4) is 6.07 Å². The molecule has 0 bridgehead atoms. The smallest absolute Gasteiger partial charge is 0.159 e. The summed E-state index contributed by atoms with van der Waals surface area (Å²) < 4.78 is 26.5. The van der Waals surface area contributed by atoms with Gasteiger partial charge in [-0.3, -0.25) is 0 Å². The molecule has 1 aromatic heterocycles. The molecular weight excluding hydrogens is 192 g/mol. The Labute approximate surface area is 76.8 Å². The van der Waals surface area contributed by atoms with Crippen molar-refractivity contribution in [3.63, 3.8) is 0 Å². The maximum absolute atomic E-state index is 13.2. The second kappa shape index (κ2) is 2.79. The molecule has 2 rings (SSSR count). The molecule has 0 unspecified atom stereocenters. The van der Waals surface area contributed by atoms with Crippen LogP contribution >= 0.6 is 11.3 Å². The molecule has 64 valence electrons. The van der Waals surface area contributed by atoms with Gasteiger partial charge in [0.05, 0.1) is 4.70 Å². The summed E-state index contributed by atoms with van der Waals surface area (Å²) >= 11 is 0.839. The van der Waals surface area contributed by atoms with Gasteiger partial charge in [0, 0.05) is 5.39 Å². The lowest BCUT2D eigenvalue weighted by atomic mass is 10.2. The molecule has 1 nitrogen and oxygen atoms in total. The highest BCUT2D eigenvalue weighted by Gasteiger charge is 2.13. The van der Waals surface area contributed by atoms with Gasteiger partial charge < -0.3 is 0 Å². The molecule has 1 aromatic carbocycles. The summed E-state index contributed by atoms with van der Waals surface area (Å²) in [5, 5.41) is 8.69. The molecule has 0 saturated heterocycles. The Kier molecular flexibility index (Phi) is 1.74. The molecule has 0 atom stereocenters. The maximum Gasteiger partial charge on any atom is 0.159 e. The number of rotatable bonds is 0. The Hall–Kier alpha value is -1.47. The van der Waals surface area contributed by atoms with Gasteiger partial charge in [-0.05, 0) is 6.07 Å². The summed E-state index contributed by atoms with van der Waals surface area (Å²) in [6.45, 7) is 0. The van der Waals surface area contributed by atoms with E-state index in [1.54, 1.807) is 6.07 Å². The van der Waals surface area contributed by atoms with Gasteiger partial charge in [-0.15, -0.1) is 11.3 Å². The molecule has 0 amide bonds. The lowest BCUT2D eigenvalue weighted by molar-refractivity contribution is 0.633. The fourth-order valence-corrected chi connectivity index (χ4v) is 2.01. The van der Waals surface area contributed by atoms with Crippen molar-refractivity contribution in [2.75, 3.05) is 0 Å². The fourth-order valence-electron chi connectivity index (χ4n) is 1.13. The van der Waals surface area contributed by atoms with Crippen molar-refractivity contribution in [2.45, 2.75) is 0 Å². The number of nitrogens with zero attached hydrogens (tertiary/aromatic N) is 1. The van der Waals surface area contributed by atoms with E-state index in [1.807, 2.05) is 0 Å². The predicted octanol–water partition coefficient (Wildman–Crippen LogP) is 3.05. The SMILES string of the molecule is N#Cc1sc2c(F)cccc2c1F. The van der Waals surface area contributed by atoms with Crippen molar-refractivity contribution >= 4 is 21.4 Å². The number of hydrogen-bond acceptors (Lipinski definition) is 2. The van der Waals surface area contributed by atoms with Crippen molar-refractivity contribution < 1.29 is 8.78 Å². The van der Waals surface area contributed by atoms with E-state index in [1.165, 1.54) is 18.2 Å². The molecule has 0 aliphatic heterocycles. The van der Waals surface area contributed by atoms with Crippen LogP contribution in [0.1, 0.15) is 4.88 Å². The Balaban J connectivity index is 2.94. The van der Waals surface area contributed by atoms with Crippen molar-refractivity contribution in [1.29, 1.82) is 5.26 Å².